The molecule has 1 aliphatic carbocycles. The summed E-state index contributed by atoms with van der Waals surface area (Å²) in [6, 6.07) is -1.25. The Kier molecular flexibility index (Phi) is 29.9. The van der Waals surface area contributed by atoms with Gasteiger partial charge in [-0.05, 0) is 32.1 Å². The fourth-order valence-corrected chi connectivity index (χ4v) is 7.69. The molecule has 1 saturated carbocycles. The average molecular weight is 808 g/mol. The van der Waals surface area contributed by atoms with Crippen molar-refractivity contribution in [3.8, 4) is 0 Å². The minimum atomic E-state index is -5.14. The van der Waals surface area contributed by atoms with Crippen LogP contribution >= 0.6 is 7.82 Å². The normalized spacial score (nSPS) is 24.6. The lowest BCUT2D eigenvalue weighted by atomic mass is 9.85. The predicted molar refractivity (Wildman–Crippen MR) is 215 cm³/mol. The van der Waals surface area contributed by atoms with Crippen LogP contribution < -0.4 is 5.32 Å². The molecular weight excluding hydrogens is 729 g/mol. The van der Waals surface area contributed by atoms with Crippen molar-refractivity contribution in [1.82, 2.24) is 5.32 Å². The van der Waals surface area contributed by atoms with Crippen LogP contribution in [-0.4, -0.2) is 108 Å². The third kappa shape index (κ3) is 24.3. The van der Waals surface area contributed by atoms with Crippen molar-refractivity contribution in [3.63, 3.8) is 0 Å². The standard InChI is InChI=1S/C41H78NO12P/c1-3-5-7-9-11-13-15-16-17-18-19-20-22-24-26-28-32(43)30-35(45)42-33(34(44)29-27-25-23-21-14-12-10-8-6-4-2)31-53-55(51,52)54-41-39(49)37(47)36(46)38(48)40(41)50/h14,21,27,29,32-34,36-41,43-44,46-50H,3-13,15-20,22-26,28,30-31H2,1-2H3,(H,42,45)(H,51,52)/b21-14+,29-27+. The number of aliphatic hydroxyl groups excluding tert-OH is 7. The largest absolute Gasteiger partial charge is 0.472 e. The van der Waals surface area contributed by atoms with E-state index in [0.29, 0.717) is 12.8 Å². The monoisotopic (exact) mass is 808 g/mol. The van der Waals surface area contributed by atoms with Gasteiger partial charge in [0, 0.05) is 0 Å². The number of unbranched alkanes of at least 4 members (excludes halogenated alkanes) is 19. The topological polar surface area (TPSA) is 226 Å². The van der Waals surface area contributed by atoms with E-state index in [1.165, 1.54) is 96.0 Å². The summed E-state index contributed by atoms with van der Waals surface area (Å²) >= 11 is 0. The van der Waals surface area contributed by atoms with Gasteiger partial charge in [-0.25, -0.2) is 4.57 Å². The van der Waals surface area contributed by atoms with Crippen LogP contribution in [0.2, 0.25) is 0 Å². The minimum Gasteiger partial charge on any atom is -0.393 e. The zero-order valence-electron chi connectivity index (χ0n) is 33.8. The molecule has 55 heavy (non-hydrogen) atoms. The lowest BCUT2D eigenvalue weighted by molar-refractivity contribution is -0.220. The Morgan fingerprint density at radius 3 is 1.60 bits per heavy atom. The number of phosphoric ester groups is 1. The van der Waals surface area contributed by atoms with Gasteiger partial charge in [-0.3, -0.25) is 13.8 Å². The van der Waals surface area contributed by atoms with E-state index in [-0.39, 0.29) is 6.42 Å². The smallest absolute Gasteiger partial charge is 0.393 e. The first kappa shape index (κ1) is 51.8. The second kappa shape index (κ2) is 31.7. The van der Waals surface area contributed by atoms with E-state index in [9.17, 15) is 50.0 Å². The molecule has 1 rings (SSSR count). The number of carbonyl (C=O) groups excluding carboxylic acids is 1. The first-order valence-corrected chi connectivity index (χ1v) is 22.9. The predicted octanol–water partition coefficient (Wildman–Crippen LogP) is 6.03. The Morgan fingerprint density at radius 1 is 0.636 bits per heavy atom. The van der Waals surface area contributed by atoms with E-state index in [1.54, 1.807) is 6.08 Å². The number of phosphoric acid groups is 1. The highest BCUT2D eigenvalue weighted by molar-refractivity contribution is 7.47. The van der Waals surface area contributed by atoms with Crippen LogP contribution in [0.3, 0.4) is 0 Å². The van der Waals surface area contributed by atoms with Crippen LogP contribution in [0.4, 0.5) is 0 Å². The van der Waals surface area contributed by atoms with Crippen molar-refractivity contribution in [3.05, 3.63) is 24.3 Å². The summed E-state index contributed by atoms with van der Waals surface area (Å²) in [4.78, 5) is 23.3. The Bertz CT molecular complexity index is 1050. The van der Waals surface area contributed by atoms with Crippen LogP contribution in [0, 0.1) is 0 Å². The van der Waals surface area contributed by atoms with Crippen LogP contribution in [-0.2, 0) is 18.4 Å². The van der Waals surface area contributed by atoms with Gasteiger partial charge in [0.15, 0.2) is 0 Å². The van der Waals surface area contributed by atoms with Gasteiger partial charge < -0.3 is 46.0 Å². The average Bonchev–Trinajstić information content (AvgIpc) is 3.15. The number of carbonyl (C=O) groups is 1. The zero-order chi connectivity index (χ0) is 40.9. The summed E-state index contributed by atoms with van der Waals surface area (Å²) in [6.07, 6.45) is 18.7. The molecule has 0 spiro atoms. The molecule has 13 nitrogen and oxygen atoms in total. The minimum absolute atomic E-state index is 0.250. The van der Waals surface area contributed by atoms with Gasteiger partial charge in [0.05, 0.1) is 31.3 Å². The summed E-state index contributed by atoms with van der Waals surface area (Å²) in [5, 5.41) is 74.1. The molecule has 8 atom stereocenters. The van der Waals surface area contributed by atoms with Crippen molar-refractivity contribution in [2.75, 3.05) is 6.61 Å². The number of aliphatic hydroxyl groups is 7. The Balaban J connectivity index is 2.57. The molecule has 0 bridgehead atoms. The van der Waals surface area contributed by atoms with Gasteiger partial charge in [-0.2, -0.15) is 0 Å². The van der Waals surface area contributed by atoms with Crippen molar-refractivity contribution in [2.24, 2.45) is 0 Å². The van der Waals surface area contributed by atoms with Crippen LogP contribution in [0.25, 0.3) is 0 Å². The van der Waals surface area contributed by atoms with Gasteiger partial charge in [0.2, 0.25) is 5.91 Å². The number of allylic oxidation sites excluding steroid dienone is 3. The number of amides is 1. The molecule has 9 N–H and O–H groups in total. The molecule has 14 heteroatoms. The Labute approximate surface area is 331 Å². The van der Waals surface area contributed by atoms with Crippen LogP contribution in [0.5, 0.6) is 0 Å². The third-order valence-electron chi connectivity index (χ3n) is 10.3. The summed E-state index contributed by atoms with van der Waals surface area (Å²) in [6.45, 7) is 3.66. The van der Waals surface area contributed by atoms with E-state index in [4.69, 9.17) is 9.05 Å². The lowest BCUT2D eigenvalue weighted by Gasteiger charge is -2.41. The van der Waals surface area contributed by atoms with E-state index >= 15 is 0 Å². The molecule has 324 valence electrons. The van der Waals surface area contributed by atoms with Crippen molar-refractivity contribution in [1.29, 1.82) is 0 Å². The number of hydrogen-bond donors (Lipinski definition) is 9. The Hall–Kier alpha value is -1.22. The number of hydrogen-bond acceptors (Lipinski definition) is 11. The second-order valence-electron chi connectivity index (χ2n) is 15.4. The van der Waals surface area contributed by atoms with Gasteiger partial charge in [-0.1, -0.05) is 154 Å². The van der Waals surface area contributed by atoms with Gasteiger partial charge in [0.1, 0.15) is 36.6 Å². The fourth-order valence-electron chi connectivity index (χ4n) is 6.73. The first-order valence-electron chi connectivity index (χ1n) is 21.4. The molecule has 1 fully saturated rings. The van der Waals surface area contributed by atoms with Crippen LogP contribution in [0.15, 0.2) is 24.3 Å². The molecule has 0 aromatic heterocycles. The van der Waals surface area contributed by atoms with E-state index in [0.717, 1.165) is 44.9 Å². The molecule has 0 radical (unpaired) electrons. The highest BCUT2D eigenvalue weighted by Crippen LogP contribution is 2.47. The molecule has 0 saturated heterocycles. The number of rotatable bonds is 34. The zero-order valence-corrected chi connectivity index (χ0v) is 34.7. The maximum absolute atomic E-state index is 12.9. The van der Waals surface area contributed by atoms with Gasteiger partial charge >= 0.3 is 7.82 Å². The summed E-state index contributed by atoms with van der Waals surface area (Å²) in [5.41, 5.74) is 0. The molecule has 0 aromatic carbocycles. The molecule has 1 aliphatic rings. The van der Waals surface area contributed by atoms with E-state index < -0.39 is 75.2 Å². The van der Waals surface area contributed by atoms with E-state index in [2.05, 4.69) is 31.3 Å². The number of nitrogens with one attached hydrogen (secondary N) is 1. The highest BCUT2D eigenvalue weighted by atomic mass is 31.2. The first-order chi connectivity index (χ1) is 26.3. The SMILES string of the molecule is CCCCCC/C=C/CC/C=C/C(O)C(COP(=O)(O)OC1C(O)C(O)C(O)C(O)C1O)NC(=O)CC(O)CCCCCCCCCCCCCCCCC. The maximum Gasteiger partial charge on any atom is 0.472 e. The van der Waals surface area contributed by atoms with Gasteiger partial charge in [0.25, 0.3) is 0 Å². The van der Waals surface area contributed by atoms with E-state index in [1.807, 2.05) is 0 Å². The van der Waals surface area contributed by atoms with Crippen LogP contribution in [0.1, 0.15) is 168 Å². The fraction of sp³-hybridized carbons (Fsp3) is 0.878. The highest BCUT2D eigenvalue weighted by Gasteiger charge is 2.51. The summed E-state index contributed by atoms with van der Waals surface area (Å²) in [5.74, 6) is -0.604. The van der Waals surface area contributed by atoms with Crippen molar-refractivity contribution in [2.45, 2.75) is 223 Å². The van der Waals surface area contributed by atoms with Crippen molar-refractivity contribution < 1.29 is 59.0 Å². The molecule has 8 unspecified atom stereocenters. The molecule has 0 aliphatic heterocycles. The lowest BCUT2D eigenvalue weighted by Crippen LogP contribution is -2.64. The third-order valence-corrected chi connectivity index (χ3v) is 11.3. The Morgan fingerprint density at radius 2 is 1.07 bits per heavy atom. The quantitative estimate of drug-likeness (QED) is 0.0207. The summed E-state index contributed by atoms with van der Waals surface area (Å²) in [7, 11) is -5.14. The summed E-state index contributed by atoms with van der Waals surface area (Å²) < 4.78 is 22.7. The van der Waals surface area contributed by atoms with Crippen molar-refractivity contribution >= 4 is 13.7 Å². The molecule has 0 aromatic rings. The molecular formula is C41H78NO12P. The second-order valence-corrected chi connectivity index (χ2v) is 16.8. The maximum atomic E-state index is 12.9. The van der Waals surface area contributed by atoms with Gasteiger partial charge in [-0.15, -0.1) is 0 Å². The molecule has 0 heterocycles. The molecule has 1 amide bonds.